The van der Waals surface area contributed by atoms with Gasteiger partial charge in [0.15, 0.2) is 0 Å². The minimum absolute atomic E-state index is 0.0793. The van der Waals surface area contributed by atoms with Gasteiger partial charge in [0.1, 0.15) is 17.1 Å². The average molecular weight is 239 g/mol. The Labute approximate surface area is 95.8 Å². The molecule has 0 aliphatic rings. The number of hydrogen-bond donors (Lipinski definition) is 2. The summed E-state index contributed by atoms with van der Waals surface area (Å²) in [6.45, 7) is 1.82. The second kappa shape index (κ2) is 4.44. The quantitative estimate of drug-likeness (QED) is 0.864. The Bertz CT molecular complexity index is 475. The maximum Gasteiger partial charge on any atom is 0.205 e. The first-order valence-electron chi connectivity index (χ1n) is 4.68. The van der Waals surface area contributed by atoms with Crippen molar-refractivity contribution in [2.24, 2.45) is 0 Å². The molecule has 1 atom stereocenters. The van der Waals surface area contributed by atoms with Crippen molar-refractivity contribution in [2.75, 3.05) is 5.32 Å². The third kappa shape index (κ3) is 2.27. The molecule has 1 heterocycles. The largest absolute Gasteiger partial charge is 0.508 e. The molecule has 2 N–H and O–H groups in total. The van der Waals surface area contributed by atoms with Gasteiger partial charge in [0.05, 0.1) is 6.04 Å². The predicted octanol–water partition coefficient (Wildman–Crippen LogP) is 2.56. The van der Waals surface area contributed by atoms with E-state index in [0.717, 1.165) is 6.07 Å². The lowest BCUT2D eigenvalue weighted by atomic mass is 10.1. The number of benzene rings is 1. The van der Waals surface area contributed by atoms with Crippen LogP contribution in [0.25, 0.3) is 0 Å². The number of nitrogens with one attached hydrogen (secondary N) is 1. The molecule has 0 fully saturated rings. The van der Waals surface area contributed by atoms with Gasteiger partial charge in [0.2, 0.25) is 5.13 Å². The molecule has 0 aliphatic carbocycles. The van der Waals surface area contributed by atoms with Gasteiger partial charge >= 0.3 is 0 Å². The summed E-state index contributed by atoms with van der Waals surface area (Å²) in [5, 5.41) is 20.2. The monoisotopic (exact) mass is 239 g/mol. The molecule has 0 radical (unpaired) electrons. The van der Waals surface area contributed by atoms with Crippen LogP contribution in [0.1, 0.15) is 18.5 Å². The summed E-state index contributed by atoms with van der Waals surface area (Å²) < 4.78 is 13.5. The third-order valence-electron chi connectivity index (χ3n) is 2.15. The second-order valence-electron chi connectivity index (χ2n) is 3.32. The van der Waals surface area contributed by atoms with E-state index in [2.05, 4.69) is 15.5 Å². The van der Waals surface area contributed by atoms with Crippen molar-refractivity contribution >= 4 is 16.5 Å². The molecular formula is C10H10FN3OS. The van der Waals surface area contributed by atoms with Crippen LogP contribution in [0.2, 0.25) is 0 Å². The summed E-state index contributed by atoms with van der Waals surface area (Å²) in [7, 11) is 0. The Kier molecular flexibility index (Phi) is 3.00. The van der Waals surface area contributed by atoms with Crippen LogP contribution in [0.15, 0.2) is 23.7 Å². The lowest BCUT2D eigenvalue weighted by molar-refractivity contribution is 0.467. The Morgan fingerprint density at radius 2 is 2.31 bits per heavy atom. The zero-order chi connectivity index (χ0) is 11.5. The number of aromatic nitrogens is 2. The van der Waals surface area contributed by atoms with Crippen molar-refractivity contribution in [3.63, 3.8) is 0 Å². The zero-order valence-corrected chi connectivity index (χ0v) is 9.33. The van der Waals surface area contributed by atoms with Crippen LogP contribution in [0.5, 0.6) is 5.75 Å². The fourth-order valence-electron chi connectivity index (χ4n) is 1.37. The van der Waals surface area contributed by atoms with Crippen molar-refractivity contribution in [1.29, 1.82) is 0 Å². The number of anilines is 1. The predicted molar refractivity (Wildman–Crippen MR) is 60.0 cm³/mol. The van der Waals surface area contributed by atoms with E-state index in [0.29, 0.717) is 10.7 Å². The van der Waals surface area contributed by atoms with E-state index in [1.807, 2.05) is 6.92 Å². The SMILES string of the molecule is CC(Nc1nncs1)c1ccc(O)cc1F. The van der Waals surface area contributed by atoms with E-state index in [9.17, 15) is 4.39 Å². The zero-order valence-electron chi connectivity index (χ0n) is 8.51. The van der Waals surface area contributed by atoms with Crippen LogP contribution < -0.4 is 5.32 Å². The molecule has 0 saturated heterocycles. The van der Waals surface area contributed by atoms with Crippen LogP contribution in [-0.4, -0.2) is 15.3 Å². The van der Waals surface area contributed by atoms with Crippen molar-refractivity contribution < 1.29 is 9.50 Å². The van der Waals surface area contributed by atoms with Crippen molar-refractivity contribution in [2.45, 2.75) is 13.0 Å². The highest BCUT2D eigenvalue weighted by atomic mass is 32.1. The fraction of sp³-hybridized carbons (Fsp3) is 0.200. The molecule has 6 heteroatoms. The minimum Gasteiger partial charge on any atom is -0.508 e. The summed E-state index contributed by atoms with van der Waals surface area (Å²) in [6, 6.07) is 3.86. The minimum atomic E-state index is -0.440. The van der Waals surface area contributed by atoms with Crippen LogP contribution in [0.3, 0.4) is 0 Å². The van der Waals surface area contributed by atoms with E-state index in [-0.39, 0.29) is 11.8 Å². The average Bonchev–Trinajstić information content (AvgIpc) is 2.70. The molecule has 0 saturated carbocycles. The first-order valence-corrected chi connectivity index (χ1v) is 5.56. The summed E-state index contributed by atoms with van der Waals surface area (Å²) in [6.07, 6.45) is 0. The van der Waals surface area contributed by atoms with Gasteiger partial charge in [-0.15, -0.1) is 10.2 Å². The first kappa shape index (κ1) is 10.8. The van der Waals surface area contributed by atoms with Crippen LogP contribution >= 0.6 is 11.3 Å². The highest BCUT2D eigenvalue weighted by Crippen LogP contribution is 2.24. The van der Waals surface area contributed by atoms with Crippen molar-refractivity contribution in [3.8, 4) is 5.75 Å². The molecule has 2 aromatic rings. The number of phenolic OH excluding ortho intramolecular Hbond substituents is 1. The summed E-state index contributed by atoms with van der Waals surface area (Å²) in [4.78, 5) is 0. The van der Waals surface area contributed by atoms with Gasteiger partial charge in [-0.2, -0.15) is 0 Å². The molecular weight excluding hydrogens is 229 g/mol. The summed E-state index contributed by atoms with van der Waals surface area (Å²) in [5.41, 5.74) is 2.08. The van der Waals surface area contributed by atoms with E-state index < -0.39 is 5.82 Å². The van der Waals surface area contributed by atoms with Gasteiger partial charge in [-0.05, 0) is 13.0 Å². The number of nitrogens with zero attached hydrogens (tertiary/aromatic N) is 2. The summed E-state index contributed by atoms with van der Waals surface area (Å²) >= 11 is 1.35. The van der Waals surface area contributed by atoms with E-state index in [1.54, 1.807) is 11.6 Å². The van der Waals surface area contributed by atoms with Crippen LogP contribution in [-0.2, 0) is 0 Å². The van der Waals surface area contributed by atoms with Crippen molar-refractivity contribution in [1.82, 2.24) is 10.2 Å². The van der Waals surface area contributed by atoms with E-state index >= 15 is 0 Å². The molecule has 4 nitrogen and oxygen atoms in total. The topological polar surface area (TPSA) is 58.0 Å². The van der Waals surface area contributed by atoms with Gasteiger partial charge in [-0.25, -0.2) is 4.39 Å². The molecule has 0 amide bonds. The van der Waals surface area contributed by atoms with E-state index in [1.165, 1.54) is 17.4 Å². The normalized spacial score (nSPS) is 12.4. The van der Waals surface area contributed by atoms with Gasteiger partial charge in [0.25, 0.3) is 0 Å². The standard InChI is InChI=1S/C10H10FN3OS/c1-6(13-10-14-12-5-16-10)8-3-2-7(15)4-9(8)11/h2-6,15H,1H3,(H,13,14). The summed E-state index contributed by atoms with van der Waals surface area (Å²) in [5.74, 6) is -0.520. The maximum absolute atomic E-state index is 13.5. The van der Waals surface area contributed by atoms with Gasteiger partial charge < -0.3 is 10.4 Å². The van der Waals surface area contributed by atoms with Crippen LogP contribution in [0.4, 0.5) is 9.52 Å². The molecule has 0 bridgehead atoms. The molecule has 1 unspecified atom stereocenters. The highest BCUT2D eigenvalue weighted by Gasteiger charge is 2.12. The first-order chi connectivity index (χ1) is 7.66. The Balaban J connectivity index is 2.17. The van der Waals surface area contributed by atoms with Gasteiger partial charge in [-0.1, -0.05) is 17.4 Å². The number of phenols is 1. The second-order valence-corrected chi connectivity index (χ2v) is 4.15. The number of aromatic hydroxyl groups is 1. The van der Waals surface area contributed by atoms with Gasteiger partial charge in [0, 0.05) is 11.6 Å². The lowest BCUT2D eigenvalue weighted by Crippen LogP contribution is -2.08. The Morgan fingerprint density at radius 3 is 2.94 bits per heavy atom. The molecule has 0 aliphatic heterocycles. The maximum atomic E-state index is 13.5. The Morgan fingerprint density at radius 1 is 1.50 bits per heavy atom. The highest BCUT2D eigenvalue weighted by molar-refractivity contribution is 7.13. The molecule has 0 spiro atoms. The van der Waals surface area contributed by atoms with E-state index in [4.69, 9.17) is 5.11 Å². The van der Waals surface area contributed by atoms with Crippen LogP contribution in [0, 0.1) is 5.82 Å². The van der Waals surface area contributed by atoms with Crippen molar-refractivity contribution in [3.05, 3.63) is 35.1 Å². The smallest absolute Gasteiger partial charge is 0.205 e. The lowest BCUT2D eigenvalue weighted by Gasteiger charge is -2.13. The Hall–Kier alpha value is -1.69. The number of halogens is 1. The molecule has 1 aromatic carbocycles. The molecule has 1 aromatic heterocycles. The molecule has 84 valence electrons. The number of rotatable bonds is 3. The third-order valence-corrected chi connectivity index (χ3v) is 2.77. The fourth-order valence-corrected chi connectivity index (χ4v) is 1.90. The molecule has 2 rings (SSSR count). The van der Waals surface area contributed by atoms with Gasteiger partial charge in [-0.3, -0.25) is 0 Å². The number of hydrogen-bond acceptors (Lipinski definition) is 5. The molecule has 16 heavy (non-hydrogen) atoms.